The molecule has 0 aromatic carbocycles. The molecule has 4 rings (SSSR count). The average molecular weight is 416 g/mol. The first-order chi connectivity index (χ1) is 14.7. The lowest BCUT2D eigenvalue weighted by Gasteiger charge is -2.13. The molecule has 0 fully saturated rings. The summed E-state index contributed by atoms with van der Waals surface area (Å²) in [5, 5.41) is 4.39. The number of aromatic amines is 1. The largest absolute Gasteiger partial charge is 0.455 e. The van der Waals surface area contributed by atoms with Gasteiger partial charge in [-0.05, 0) is 44.2 Å². The first-order valence-corrected chi connectivity index (χ1v) is 9.95. The second kappa shape index (κ2) is 7.79. The lowest BCUT2D eigenvalue weighted by molar-refractivity contribution is 0.474. The van der Waals surface area contributed by atoms with Gasteiger partial charge in [0.2, 0.25) is 0 Å². The number of hydrogen-bond donors (Lipinski definition) is 1. The fourth-order valence-electron chi connectivity index (χ4n) is 2.96. The normalized spacial score (nSPS) is 11.5. The van der Waals surface area contributed by atoms with Crippen molar-refractivity contribution in [3.05, 3.63) is 76.5 Å². The van der Waals surface area contributed by atoms with Crippen LogP contribution in [0.3, 0.4) is 0 Å². The number of nitrogens with one attached hydrogen (secondary N) is 1. The smallest absolute Gasteiger partial charge is 0.349 e. The number of aromatic nitrogens is 6. The van der Waals surface area contributed by atoms with Gasteiger partial charge < -0.3 is 4.74 Å². The molecule has 31 heavy (non-hydrogen) atoms. The molecular formula is C23H24N6O2. The van der Waals surface area contributed by atoms with Gasteiger partial charge in [0.15, 0.2) is 5.82 Å². The number of ether oxygens (including phenoxy) is 1. The van der Waals surface area contributed by atoms with Crippen LogP contribution in [0.25, 0.3) is 17.1 Å². The van der Waals surface area contributed by atoms with Gasteiger partial charge in [-0.15, -0.1) is 5.10 Å². The first-order valence-electron chi connectivity index (χ1n) is 9.95. The minimum Gasteiger partial charge on any atom is -0.455 e. The highest BCUT2D eigenvalue weighted by molar-refractivity contribution is 5.59. The Morgan fingerprint density at radius 2 is 1.84 bits per heavy atom. The summed E-state index contributed by atoms with van der Waals surface area (Å²) in [5.74, 6) is 2.26. The molecule has 0 saturated heterocycles. The van der Waals surface area contributed by atoms with E-state index in [9.17, 15) is 4.79 Å². The molecule has 8 nitrogen and oxygen atoms in total. The number of aryl methyl sites for hydroxylation is 2. The van der Waals surface area contributed by atoms with Gasteiger partial charge in [0, 0.05) is 35.1 Å². The van der Waals surface area contributed by atoms with Gasteiger partial charge in [0.1, 0.15) is 17.3 Å². The molecule has 0 saturated carbocycles. The molecule has 4 heterocycles. The number of hydrogen-bond acceptors (Lipinski definition) is 6. The molecule has 4 aromatic rings. The van der Waals surface area contributed by atoms with Crippen LogP contribution >= 0.6 is 0 Å². The topological polar surface area (TPSA) is 98.6 Å². The number of nitrogens with zero attached hydrogens (tertiary/aromatic N) is 5. The van der Waals surface area contributed by atoms with Crippen molar-refractivity contribution >= 4 is 0 Å². The van der Waals surface area contributed by atoms with Crippen LogP contribution in [0.5, 0.6) is 11.5 Å². The van der Waals surface area contributed by atoms with E-state index >= 15 is 0 Å². The third-order valence-corrected chi connectivity index (χ3v) is 4.73. The zero-order valence-electron chi connectivity index (χ0n) is 18.2. The van der Waals surface area contributed by atoms with Crippen molar-refractivity contribution in [2.75, 3.05) is 0 Å². The number of rotatable bonds is 4. The van der Waals surface area contributed by atoms with E-state index in [0.29, 0.717) is 28.8 Å². The SMILES string of the molecule is Cc1ccc(-c2cc(Oc3ccc(-n4nc(C(C)(C)C)[nH]c4=O)nc3C)ccn2)cn1. The van der Waals surface area contributed by atoms with Crippen LogP contribution in [0.2, 0.25) is 0 Å². The Morgan fingerprint density at radius 3 is 2.48 bits per heavy atom. The molecule has 0 aliphatic carbocycles. The van der Waals surface area contributed by atoms with Crippen LogP contribution in [-0.4, -0.2) is 29.7 Å². The van der Waals surface area contributed by atoms with Gasteiger partial charge in [-0.25, -0.2) is 9.78 Å². The second-order valence-electron chi connectivity index (χ2n) is 8.36. The number of pyridine rings is 3. The van der Waals surface area contributed by atoms with Gasteiger partial charge in [-0.2, -0.15) is 4.68 Å². The maximum absolute atomic E-state index is 12.3. The summed E-state index contributed by atoms with van der Waals surface area (Å²) in [6, 6.07) is 11.1. The highest BCUT2D eigenvalue weighted by atomic mass is 16.5. The van der Waals surface area contributed by atoms with Gasteiger partial charge in [-0.3, -0.25) is 15.0 Å². The first kappa shape index (κ1) is 20.5. The summed E-state index contributed by atoms with van der Waals surface area (Å²) in [5.41, 5.74) is 2.67. The molecule has 0 bridgehead atoms. The van der Waals surface area contributed by atoms with Crippen molar-refractivity contribution in [3.63, 3.8) is 0 Å². The predicted molar refractivity (Wildman–Crippen MR) is 118 cm³/mol. The molecule has 0 spiro atoms. The lowest BCUT2D eigenvalue weighted by atomic mass is 9.96. The second-order valence-corrected chi connectivity index (χ2v) is 8.36. The minimum absolute atomic E-state index is 0.269. The monoisotopic (exact) mass is 416 g/mol. The Kier molecular flexibility index (Phi) is 5.14. The van der Waals surface area contributed by atoms with Crippen molar-refractivity contribution in [3.8, 4) is 28.6 Å². The van der Waals surface area contributed by atoms with Crippen molar-refractivity contribution in [1.82, 2.24) is 29.7 Å². The third kappa shape index (κ3) is 4.37. The highest BCUT2D eigenvalue weighted by Crippen LogP contribution is 2.27. The number of H-pyrrole nitrogens is 1. The molecule has 158 valence electrons. The van der Waals surface area contributed by atoms with E-state index in [2.05, 4.69) is 25.0 Å². The lowest BCUT2D eigenvalue weighted by Crippen LogP contribution is -2.17. The van der Waals surface area contributed by atoms with E-state index in [0.717, 1.165) is 17.0 Å². The Morgan fingerprint density at radius 1 is 1.03 bits per heavy atom. The molecule has 4 aromatic heterocycles. The van der Waals surface area contributed by atoms with E-state index in [-0.39, 0.29) is 11.1 Å². The summed E-state index contributed by atoms with van der Waals surface area (Å²) >= 11 is 0. The summed E-state index contributed by atoms with van der Waals surface area (Å²) < 4.78 is 7.31. The van der Waals surface area contributed by atoms with Crippen LogP contribution < -0.4 is 10.4 Å². The highest BCUT2D eigenvalue weighted by Gasteiger charge is 2.21. The van der Waals surface area contributed by atoms with E-state index in [1.54, 1.807) is 30.6 Å². The van der Waals surface area contributed by atoms with Gasteiger partial charge >= 0.3 is 5.69 Å². The fraction of sp³-hybridized carbons (Fsp3) is 0.261. The van der Waals surface area contributed by atoms with Crippen molar-refractivity contribution in [1.29, 1.82) is 0 Å². The van der Waals surface area contributed by atoms with Crippen molar-refractivity contribution in [2.45, 2.75) is 40.0 Å². The van der Waals surface area contributed by atoms with Crippen LogP contribution in [-0.2, 0) is 5.41 Å². The Balaban J connectivity index is 1.60. The Bertz CT molecular complexity index is 1280. The Hall–Kier alpha value is -3.81. The van der Waals surface area contributed by atoms with Crippen molar-refractivity contribution < 1.29 is 4.74 Å². The quantitative estimate of drug-likeness (QED) is 0.537. The summed E-state index contributed by atoms with van der Waals surface area (Å²) in [6.45, 7) is 9.73. The summed E-state index contributed by atoms with van der Waals surface area (Å²) in [6.07, 6.45) is 3.48. The van der Waals surface area contributed by atoms with Crippen LogP contribution in [0.15, 0.2) is 53.6 Å². The van der Waals surface area contributed by atoms with Gasteiger partial charge in [-0.1, -0.05) is 20.8 Å². The molecule has 0 aliphatic rings. The molecule has 1 N–H and O–H groups in total. The third-order valence-electron chi connectivity index (χ3n) is 4.73. The molecule has 0 atom stereocenters. The summed E-state index contributed by atoms with van der Waals surface area (Å²) in [4.78, 5) is 28.4. The zero-order valence-corrected chi connectivity index (χ0v) is 18.2. The van der Waals surface area contributed by atoms with Crippen LogP contribution in [0.1, 0.15) is 38.0 Å². The zero-order chi connectivity index (χ0) is 22.2. The van der Waals surface area contributed by atoms with E-state index < -0.39 is 0 Å². The van der Waals surface area contributed by atoms with E-state index in [1.807, 2.05) is 52.8 Å². The molecule has 0 radical (unpaired) electrons. The Labute approximate surface area is 180 Å². The van der Waals surface area contributed by atoms with E-state index in [4.69, 9.17) is 4.74 Å². The maximum atomic E-state index is 12.3. The van der Waals surface area contributed by atoms with Crippen LogP contribution in [0.4, 0.5) is 0 Å². The van der Waals surface area contributed by atoms with E-state index in [1.165, 1.54) is 4.68 Å². The maximum Gasteiger partial charge on any atom is 0.349 e. The molecular weight excluding hydrogens is 392 g/mol. The molecule has 0 aliphatic heterocycles. The van der Waals surface area contributed by atoms with Gasteiger partial charge in [0.25, 0.3) is 0 Å². The summed E-state index contributed by atoms with van der Waals surface area (Å²) in [7, 11) is 0. The molecule has 8 heteroatoms. The standard InChI is InChI=1S/C23H24N6O2/c1-14-6-7-16(13-25-14)18-12-17(10-11-24-18)31-19-8-9-20(26-15(19)2)29-22(30)27-21(28-29)23(3,4)5/h6-13H,1-5H3,(H,27,28,30). The van der Waals surface area contributed by atoms with Gasteiger partial charge in [0.05, 0.1) is 11.4 Å². The minimum atomic E-state index is -0.323. The predicted octanol–water partition coefficient (Wildman–Crippen LogP) is 4.12. The fourth-order valence-corrected chi connectivity index (χ4v) is 2.96. The average Bonchev–Trinajstić information content (AvgIpc) is 3.12. The van der Waals surface area contributed by atoms with Crippen molar-refractivity contribution in [2.24, 2.45) is 0 Å². The molecule has 0 unspecified atom stereocenters. The van der Waals surface area contributed by atoms with Crippen LogP contribution in [0, 0.1) is 13.8 Å². The molecule has 0 amide bonds.